The van der Waals surface area contributed by atoms with E-state index in [4.69, 9.17) is 9.84 Å². The van der Waals surface area contributed by atoms with Crippen LogP contribution in [0.5, 0.6) is 0 Å². The van der Waals surface area contributed by atoms with Gasteiger partial charge in [0.2, 0.25) is 0 Å². The summed E-state index contributed by atoms with van der Waals surface area (Å²) in [4.78, 5) is 16.4. The summed E-state index contributed by atoms with van der Waals surface area (Å²) in [5, 5.41) is 9.09. The minimum Gasteiger partial charge on any atom is -0.445 e. The molecule has 5 heteroatoms. The van der Waals surface area contributed by atoms with Gasteiger partial charge < -0.3 is 14.7 Å². The van der Waals surface area contributed by atoms with Crippen LogP contribution < -0.4 is 0 Å². The summed E-state index contributed by atoms with van der Waals surface area (Å²) in [6.07, 6.45) is 1.93. The normalized spacial score (nSPS) is 25.1. The van der Waals surface area contributed by atoms with Gasteiger partial charge in [0.05, 0.1) is 6.61 Å². The second kappa shape index (κ2) is 6.45. The average Bonchev–Trinajstić information content (AvgIpc) is 2.54. The molecular formula is C16H22N2O3. The number of piperazine rings is 1. The van der Waals surface area contributed by atoms with Crippen LogP contribution in [0.3, 0.4) is 0 Å². The van der Waals surface area contributed by atoms with Gasteiger partial charge in [0, 0.05) is 31.7 Å². The molecule has 1 aromatic rings. The van der Waals surface area contributed by atoms with Gasteiger partial charge in [-0.15, -0.1) is 0 Å². The van der Waals surface area contributed by atoms with Crippen molar-refractivity contribution in [3.8, 4) is 0 Å². The number of piperidine rings is 2. The molecule has 3 fully saturated rings. The fraction of sp³-hybridized carbons (Fsp3) is 0.562. The molecular weight excluding hydrogens is 268 g/mol. The summed E-state index contributed by atoms with van der Waals surface area (Å²) in [5.41, 5.74) is 1.01. The number of rotatable bonds is 4. The van der Waals surface area contributed by atoms with E-state index in [1.54, 1.807) is 0 Å². The maximum Gasteiger partial charge on any atom is 0.410 e. The van der Waals surface area contributed by atoms with Gasteiger partial charge in [0.15, 0.2) is 0 Å². The van der Waals surface area contributed by atoms with E-state index in [0.29, 0.717) is 19.2 Å². The highest BCUT2D eigenvalue weighted by molar-refractivity contribution is 5.68. The monoisotopic (exact) mass is 290 g/mol. The molecule has 3 heterocycles. The van der Waals surface area contributed by atoms with Crippen LogP contribution in [-0.4, -0.2) is 59.3 Å². The Balaban J connectivity index is 1.54. The van der Waals surface area contributed by atoms with E-state index in [0.717, 1.165) is 31.5 Å². The number of aliphatic hydroxyl groups excluding tert-OH is 1. The van der Waals surface area contributed by atoms with Crippen molar-refractivity contribution in [1.29, 1.82) is 0 Å². The molecule has 1 aromatic carbocycles. The Morgan fingerprint density at radius 3 is 2.62 bits per heavy atom. The summed E-state index contributed by atoms with van der Waals surface area (Å²) >= 11 is 0. The van der Waals surface area contributed by atoms with Crippen LogP contribution in [0, 0.1) is 0 Å². The van der Waals surface area contributed by atoms with E-state index in [1.807, 2.05) is 35.2 Å². The zero-order valence-electron chi connectivity index (χ0n) is 12.1. The van der Waals surface area contributed by atoms with E-state index in [1.165, 1.54) is 0 Å². The fourth-order valence-corrected chi connectivity index (χ4v) is 3.34. The van der Waals surface area contributed by atoms with Crippen molar-refractivity contribution in [2.75, 3.05) is 26.2 Å². The lowest BCUT2D eigenvalue weighted by molar-refractivity contribution is -0.0262. The number of hydrogen-bond donors (Lipinski definition) is 1. The number of ether oxygens (including phenoxy) is 1. The van der Waals surface area contributed by atoms with Gasteiger partial charge in [-0.3, -0.25) is 4.90 Å². The van der Waals surface area contributed by atoms with Crippen molar-refractivity contribution < 1.29 is 14.6 Å². The maximum atomic E-state index is 12.3. The number of hydrogen-bond acceptors (Lipinski definition) is 4. The van der Waals surface area contributed by atoms with Crippen LogP contribution in [0.15, 0.2) is 30.3 Å². The molecule has 2 bridgehead atoms. The fourth-order valence-electron chi connectivity index (χ4n) is 3.34. The summed E-state index contributed by atoms with van der Waals surface area (Å²) in [6.45, 7) is 2.79. The Bertz CT molecular complexity index is 480. The van der Waals surface area contributed by atoms with Crippen LogP contribution in [0.2, 0.25) is 0 Å². The zero-order valence-corrected chi connectivity index (χ0v) is 12.1. The number of benzene rings is 1. The summed E-state index contributed by atoms with van der Waals surface area (Å²) in [7, 11) is 0. The largest absolute Gasteiger partial charge is 0.445 e. The Hall–Kier alpha value is -1.59. The molecule has 3 aliphatic rings. The summed E-state index contributed by atoms with van der Waals surface area (Å²) in [6, 6.07) is 10.3. The van der Waals surface area contributed by atoms with Crippen LogP contribution in [0.1, 0.15) is 18.4 Å². The number of carbonyl (C=O) groups excluding carboxylic acids is 1. The minimum atomic E-state index is -0.211. The van der Waals surface area contributed by atoms with Gasteiger partial charge in [-0.05, 0) is 18.4 Å². The van der Waals surface area contributed by atoms with Gasteiger partial charge in [-0.2, -0.15) is 0 Å². The molecule has 3 saturated heterocycles. The second-order valence-corrected chi connectivity index (χ2v) is 5.80. The molecule has 1 N–H and O–H groups in total. The highest BCUT2D eigenvalue weighted by atomic mass is 16.6. The molecule has 21 heavy (non-hydrogen) atoms. The number of nitrogens with zero attached hydrogens (tertiary/aromatic N) is 2. The van der Waals surface area contributed by atoms with Gasteiger partial charge in [0.25, 0.3) is 0 Å². The standard InChI is InChI=1S/C16H22N2O3/c19-9-8-17-10-15-7-6-14(17)11-18(15)16(20)21-12-13-4-2-1-3-5-13/h1-5,14-15,19H,6-12H2. The van der Waals surface area contributed by atoms with E-state index in [9.17, 15) is 4.79 Å². The maximum absolute atomic E-state index is 12.3. The quantitative estimate of drug-likeness (QED) is 0.912. The van der Waals surface area contributed by atoms with Gasteiger partial charge in [-0.25, -0.2) is 4.79 Å². The minimum absolute atomic E-state index is 0.182. The average molecular weight is 290 g/mol. The van der Waals surface area contributed by atoms with Gasteiger partial charge in [0.1, 0.15) is 6.61 Å². The first-order valence-electron chi connectivity index (χ1n) is 7.60. The summed E-state index contributed by atoms with van der Waals surface area (Å²) in [5.74, 6) is 0. The molecule has 0 saturated carbocycles. The van der Waals surface area contributed by atoms with E-state index < -0.39 is 0 Å². The number of amides is 1. The molecule has 2 unspecified atom stereocenters. The predicted octanol–water partition coefficient (Wildman–Crippen LogP) is 1.46. The number of fused-ring (bicyclic) bond motifs is 3. The predicted molar refractivity (Wildman–Crippen MR) is 78.8 cm³/mol. The first kappa shape index (κ1) is 14.4. The third-order valence-electron chi connectivity index (χ3n) is 4.47. The zero-order chi connectivity index (χ0) is 14.7. The van der Waals surface area contributed by atoms with Gasteiger partial charge >= 0.3 is 6.09 Å². The van der Waals surface area contributed by atoms with Crippen LogP contribution in [0.4, 0.5) is 4.79 Å². The van der Waals surface area contributed by atoms with Crippen molar-refractivity contribution in [1.82, 2.24) is 9.80 Å². The molecule has 5 nitrogen and oxygen atoms in total. The first-order valence-corrected chi connectivity index (χ1v) is 7.60. The number of carbonyl (C=O) groups is 1. The third-order valence-corrected chi connectivity index (χ3v) is 4.47. The smallest absolute Gasteiger partial charge is 0.410 e. The molecule has 0 spiro atoms. The Kier molecular flexibility index (Phi) is 4.41. The lowest BCUT2D eigenvalue weighted by Crippen LogP contribution is -2.64. The molecule has 0 aromatic heterocycles. The Labute approximate surface area is 125 Å². The van der Waals surface area contributed by atoms with Crippen molar-refractivity contribution >= 4 is 6.09 Å². The molecule has 4 rings (SSSR count). The first-order chi connectivity index (χ1) is 10.3. The van der Waals surface area contributed by atoms with Crippen LogP contribution in [0.25, 0.3) is 0 Å². The van der Waals surface area contributed by atoms with E-state index in [2.05, 4.69) is 4.90 Å². The lowest BCUT2D eigenvalue weighted by Gasteiger charge is -2.50. The molecule has 114 valence electrons. The van der Waals surface area contributed by atoms with E-state index >= 15 is 0 Å². The summed E-state index contributed by atoms with van der Waals surface area (Å²) < 4.78 is 5.43. The molecule has 0 aliphatic carbocycles. The Morgan fingerprint density at radius 2 is 1.95 bits per heavy atom. The molecule has 1 amide bonds. The SMILES string of the molecule is O=C(OCc1ccccc1)N1CC2CCC1CN2CCO. The molecule has 2 atom stereocenters. The number of aliphatic hydroxyl groups is 1. The van der Waals surface area contributed by atoms with Crippen LogP contribution in [-0.2, 0) is 11.3 Å². The lowest BCUT2D eigenvalue weighted by atomic mass is 9.91. The topological polar surface area (TPSA) is 53.0 Å². The molecule has 0 radical (unpaired) electrons. The van der Waals surface area contributed by atoms with Crippen LogP contribution >= 0.6 is 0 Å². The van der Waals surface area contributed by atoms with Gasteiger partial charge in [-0.1, -0.05) is 30.3 Å². The third kappa shape index (κ3) is 3.19. The molecule has 3 aliphatic heterocycles. The van der Waals surface area contributed by atoms with E-state index in [-0.39, 0.29) is 18.7 Å². The van der Waals surface area contributed by atoms with Crippen molar-refractivity contribution in [2.45, 2.75) is 31.5 Å². The highest BCUT2D eigenvalue weighted by Gasteiger charge is 2.41. The second-order valence-electron chi connectivity index (χ2n) is 5.80. The van der Waals surface area contributed by atoms with Crippen molar-refractivity contribution in [3.05, 3.63) is 35.9 Å². The van der Waals surface area contributed by atoms with Crippen molar-refractivity contribution in [3.63, 3.8) is 0 Å². The van der Waals surface area contributed by atoms with Crippen molar-refractivity contribution in [2.24, 2.45) is 0 Å². The Morgan fingerprint density at radius 1 is 1.19 bits per heavy atom. The highest BCUT2D eigenvalue weighted by Crippen LogP contribution is 2.29.